The highest BCUT2D eigenvalue weighted by Crippen LogP contribution is 2.33. The summed E-state index contributed by atoms with van der Waals surface area (Å²) in [6.07, 6.45) is 1.08. The van der Waals surface area contributed by atoms with Crippen LogP contribution in [0, 0.1) is 0 Å². The summed E-state index contributed by atoms with van der Waals surface area (Å²) in [5, 5.41) is 2.45. The first kappa shape index (κ1) is 14.8. The minimum atomic E-state index is -0.932. The molecule has 0 radical (unpaired) electrons. The molecule has 2 N–H and O–H groups in total. The van der Waals surface area contributed by atoms with E-state index in [2.05, 4.69) is 12.1 Å². The van der Waals surface area contributed by atoms with Crippen molar-refractivity contribution in [3.63, 3.8) is 0 Å². The Morgan fingerprint density at radius 2 is 1.75 bits per heavy atom. The van der Waals surface area contributed by atoms with Crippen molar-refractivity contribution in [3.8, 4) is 0 Å². The standard InChI is InChI=1S/C16H17NO2.ClH/c1-2-19-15(18)16(17)9-12-7-3-5-11-6-4-8-13(10-16)14(11)12;/h3-8H,2,9-10,17H2,1H3;1H. The van der Waals surface area contributed by atoms with Crippen molar-refractivity contribution >= 4 is 29.1 Å². The molecule has 0 unspecified atom stereocenters. The van der Waals surface area contributed by atoms with Gasteiger partial charge in [-0.25, -0.2) is 0 Å². The molecule has 1 aliphatic rings. The second-order valence-corrected chi connectivity index (χ2v) is 5.16. The van der Waals surface area contributed by atoms with Gasteiger partial charge in [0.05, 0.1) is 6.61 Å². The van der Waals surface area contributed by atoms with Crippen LogP contribution in [0.1, 0.15) is 18.1 Å². The predicted molar refractivity (Wildman–Crippen MR) is 82.2 cm³/mol. The zero-order valence-electron chi connectivity index (χ0n) is 11.4. The third-order valence-corrected chi connectivity index (χ3v) is 3.77. The van der Waals surface area contributed by atoms with Crippen LogP contribution in [0.15, 0.2) is 36.4 Å². The Morgan fingerprint density at radius 3 is 2.25 bits per heavy atom. The van der Waals surface area contributed by atoms with Gasteiger partial charge in [0, 0.05) is 12.8 Å². The molecule has 0 aromatic heterocycles. The molecule has 0 heterocycles. The van der Waals surface area contributed by atoms with Gasteiger partial charge in [0.1, 0.15) is 5.54 Å². The summed E-state index contributed by atoms with van der Waals surface area (Å²) in [6, 6.07) is 12.3. The van der Waals surface area contributed by atoms with E-state index in [4.69, 9.17) is 10.5 Å². The number of esters is 1. The molecule has 4 heteroatoms. The van der Waals surface area contributed by atoms with E-state index in [9.17, 15) is 4.79 Å². The predicted octanol–water partition coefficient (Wildman–Crippen LogP) is 2.62. The quantitative estimate of drug-likeness (QED) is 0.866. The van der Waals surface area contributed by atoms with Crippen molar-refractivity contribution < 1.29 is 9.53 Å². The van der Waals surface area contributed by atoms with Crippen LogP contribution in [-0.4, -0.2) is 18.1 Å². The normalized spacial score (nSPS) is 15.5. The van der Waals surface area contributed by atoms with Gasteiger partial charge in [0.2, 0.25) is 0 Å². The summed E-state index contributed by atoms with van der Waals surface area (Å²) in [5.74, 6) is -0.304. The molecule has 2 aromatic rings. The van der Waals surface area contributed by atoms with E-state index in [0.717, 1.165) is 11.1 Å². The molecular formula is C16H18ClNO2. The number of hydrogen-bond acceptors (Lipinski definition) is 3. The molecule has 0 saturated carbocycles. The molecule has 0 spiro atoms. The molecule has 0 bridgehead atoms. The summed E-state index contributed by atoms with van der Waals surface area (Å²) >= 11 is 0. The summed E-state index contributed by atoms with van der Waals surface area (Å²) in [6.45, 7) is 2.17. The van der Waals surface area contributed by atoms with Crippen LogP contribution in [0.5, 0.6) is 0 Å². The van der Waals surface area contributed by atoms with Crippen molar-refractivity contribution in [2.75, 3.05) is 6.61 Å². The van der Waals surface area contributed by atoms with Crippen molar-refractivity contribution in [2.45, 2.75) is 25.3 Å². The van der Waals surface area contributed by atoms with E-state index in [1.807, 2.05) is 24.3 Å². The molecule has 0 saturated heterocycles. The van der Waals surface area contributed by atoms with Gasteiger partial charge in [-0.3, -0.25) is 4.79 Å². The summed E-state index contributed by atoms with van der Waals surface area (Å²) in [7, 11) is 0. The molecule has 0 amide bonds. The zero-order chi connectivity index (χ0) is 13.5. The lowest BCUT2D eigenvalue weighted by Gasteiger charge is -2.32. The van der Waals surface area contributed by atoms with Crippen LogP contribution >= 0.6 is 12.4 Å². The van der Waals surface area contributed by atoms with E-state index in [1.165, 1.54) is 10.8 Å². The van der Waals surface area contributed by atoms with Crippen LogP contribution in [0.3, 0.4) is 0 Å². The van der Waals surface area contributed by atoms with Crippen LogP contribution < -0.4 is 5.73 Å². The molecule has 1 aliphatic carbocycles. The molecule has 0 aliphatic heterocycles. The van der Waals surface area contributed by atoms with E-state index < -0.39 is 5.54 Å². The van der Waals surface area contributed by atoms with Crippen LogP contribution in [-0.2, 0) is 22.4 Å². The van der Waals surface area contributed by atoms with E-state index in [0.29, 0.717) is 19.4 Å². The Balaban J connectivity index is 0.00000147. The monoisotopic (exact) mass is 291 g/mol. The fourth-order valence-corrected chi connectivity index (χ4v) is 2.96. The van der Waals surface area contributed by atoms with Crippen LogP contribution in [0.25, 0.3) is 10.8 Å². The molecule has 3 rings (SSSR count). The third kappa shape index (κ3) is 2.28. The minimum Gasteiger partial charge on any atom is -0.465 e. The Hall–Kier alpha value is -1.58. The summed E-state index contributed by atoms with van der Waals surface area (Å²) in [4.78, 5) is 12.1. The Bertz CT molecular complexity index is 613. The molecule has 3 nitrogen and oxygen atoms in total. The topological polar surface area (TPSA) is 52.3 Å². The fraction of sp³-hybridized carbons (Fsp3) is 0.312. The fourth-order valence-electron chi connectivity index (χ4n) is 2.96. The van der Waals surface area contributed by atoms with Gasteiger partial charge in [-0.2, -0.15) is 0 Å². The Morgan fingerprint density at radius 1 is 1.20 bits per heavy atom. The minimum absolute atomic E-state index is 0. The first-order chi connectivity index (χ1) is 9.14. The second-order valence-electron chi connectivity index (χ2n) is 5.16. The van der Waals surface area contributed by atoms with Gasteiger partial charge >= 0.3 is 5.97 Å². The van der Waals surface area contributed by atoms with Crippen LogP contribution in [0.4, 0.5) is 0 Å². The number of ether oxygens (including phenoxy) is 1. The number of carbonyl (C=O) groups excluding carboxylic acids is 1. The molecule has 0 fully saturated rings. The lowest BCUT2D eigenvalue weighted by Crippen LogP contribution is -2.54. The SMILES string of the molecule is CCOC(=O)C1(N)Cc2cccc3cccc(c23)C1.Cl. The Kier molecular flexibility index (Phi) is 4.02. The van der Waals surface area contributed by atoms with Gasteiger partial charge in [0.25, 0.3) is 0 Å². The number of halogens is 1. The molecule has 0 atom stereocenters. The number of hydrogen-bond donors (Lipinski definition) is 1. The Labute approximate surface area is 124 Å². The van der Waals surface area contributed by atoms with E-state index in [-0.39, 0.29) is 18.4 Å². The maximum atomic E-state index is 12.1. The highest BCUT2D eigenvalue weighted by molar-refractivity contribution is 5.93. The average Bonchev–Trinajstić information content (AvgIpc) is 2.39. The van der Waals surface area contributed by atoms with E-state index >= 15 is 0 Å². The van der Waals surface area contributed by atoms with Crippen molar-refractivity contribution in [1.82, 2.24) is 0 Å². The summed E-state index contributed by atoms with van der Waals surface area (Å²) < 4.78 is 5.13. The van der Waals surface area contributed by atoms with Crippen molar-refractivity contribution in [2.24, 2.45) is 5.73 Å². The number of rotatable bonds is 2. The molecular weight excluding hydrogens is 274 g/mol. The lowest BCUT2D eigenvalue weighted by molar-refractivity contribution is -0.149. The third-order valence-electron chi connectivity index (χ3n) is 3.77. The molecule has 2 aromatic carbocycles. The van der Waals surface area contributed by atoms with Crippen molar-refractivity contribution in [1.29, 1.82) is 0 Å². The smallest absolute Gasteiger partial charge is 0.326 e. The number of nitrogens with two attached hydrogens (primary N) is 1. The van der Waals surface area contributed by atoms with Gasteiger partial charge < -0.3 is 10.5 Å². The molecule has 20 heavy (non-hydrogen) atoms. The highest BCUT2D eigenvalue weighted by atomic mass is 35.5. The zero-order valence-corrected chi connectivity index (χ0v) is 12.2. The first-order valence-electron chi connectivity index (χ1n) is 6.59. The van der Waals surface area contributed by atoms with Crippen LogP contribution in [0.2, 0.25) is 0 Å². The maximum absolute atomic E-state index is 12.1. The van der Waals surface area contributed by atoms with Crippen molar-refractivity contribution in [3.05, 3.63) is 47.5 Å². The number of benzene rings is 2. The maximum Gasteiger partial charge on any atom is 0.326 e. The highest BCUT2D eigenvalue weighted by Gasteiger charge is 2.39. The van der Waals surface area contributed by atoms with Gasteiger partial charge in [0.15, 0.2) is 0 Å². The van der Waals surface area contributed by atoms with E-state index in [1.54, 1.807) is 6.92 Å². The largest absolute Gasteiger partial charge is 0.465 e. The molecule has 106 valence electrons. The van der Waals surface area contributed by atoms with Gasteiger partial charge in [-0.1, -0.05) is 36.4 Å². The van der Waals surface area contributed by atoms with Gasteiger partial charge in [-0.15, -0.1) is 12.4 Å². The summed E-state index contributed by atoms with van der Waals surface area (Å²) in [5.41, 5.74) is 7.64. The second kappa shape index (κ2) is 5.43. The lowest BCUT2D eigenvalue weighted by atomic mass is 9.77. The number of carbonyl (C=O) groups is 1. The first-order valence-corrected chi connectivity index (χ1v) is 6.59. The average molecular weight is 292 g/mol. The van der Waals surface area contributed by atoms with Gasteiger partial charge in [-0.05, 0) is 28.8 Å².